The van der Waals surface area contributed by atoms with Gasteiger partial charge in [0.25, 0.3) is 0 Å². The molecule has 0 aliphatic carbocycles. The molecule has 2 rings (SSSR count). The van der Waals surface area contributed by atoms with Crippen molar-refractivity contribution in [1.29, 1.82) is 0 Å². The molecule has 0 amide bonds. The smallest absolute Gasteiger partial charge is 0.119 e. The van der Waals surface area contributed by atoms with Gasteiger partial charge in [0.15, 0.2) is 0 Å². The van der Waals surface area contributed by atoms with E-state index in [2.05, 4.69) is 12.2 Å². The first kappa shape index (κ1) is 14.6. The predicted molar refractivity (Wildman–Crippen MR) is 77.6 cm³/mol. The number of aliphatic hydroxyl groups excluding tert-OH is 1. The summed E-state index contributed by atoms with van der Waals surface area (Å²) in [5, 5.41) is 13.2. The molecule has 2 N–H and O–H groups in total. The molecule has 0 aliphatic rings. The molecule has 20 heavy (non-hydrogen) atoms. The van der Waals surface area contributed by atoms with Crippen molar-refractivity contribution in [3.05, 3.63) is 54.0 Å². The van der Waals surface area contributed by atoms with Gasteiger partial charge in [0.05, 0.1) is 25.5 Å². The van der Waals surface area contributed by atoms with E-state index < -0.39 is 6.10 Å². The molecule has 0 saturated carbocycles. The van der Waals surface area contributed by atoms with Crippen LogP contribution in [0.3, 0.4) is 0 Å². The lowest BCUT2D eigenvalue weighted by molar-refractivity contribution is 0.173. The maximum absolute atomic E-state index is 10.1. The lowest BCUT2D eigenvalue weighted by atomic mass is 10.1. The van der Waals surface area contributed by atoms with Gasteiger partial charge in [0.2, 0.25) is 0 Å². The van der Waals surface area contributed by atoms with Crippen molar-refractivity contribution in [2.24, 2.45) is 0 Å². The van der Waals surface area contributed by atoms with Gasteiger partial charge in [-0.1, -0.05) is 19.1 Å². The Balaban J connectivity index is 1.78. The Hall–Kier alpha value is -1.78. The molecule has 0 saturated heterocycles. The monoisotopic (exact) mass is 275 g/mol. The summed E-state index contributed by atoms with van der Waals surface area (Å²) in [7, 11) is 0. The highest BCUT2D eigenvalue weighted by molar-refractivity contribution is 5.28. The van der Waals surface area contributed by atoms with Crippen LogP contribution in [0.2, 0.25) is 0 Å². The summed E-state index contributed by atoms with van der Waals surface area (Å²) in [4.78, 5) is 0. The van der Waals surface area contributed by atoms with Crippen LogP contribution >= 0.6 is 0 Å². The minimum atomic E-state index is -0.537. The van der Waals surface area contributed by atoms with Gasteiger partial charge in [0, 0.05) is 6.54 Å². The fourth-order valence-electron chi connectivity index (χ4n) is 1.87. The Kier molecular flexibility index (Phi) is 5.65. The molecule has 1 unspecified atom stereocenters. The molecular weight excluding hydrogens is 254 g/mol. The first-order valence-electron chi connectivity index (χ1n) is 6.93. The standard InChI is InChI=1S/C16H21NO3/c1-2-9-19-14-7-5-13(6-8-14)16(18)12-17-11-15-4-3-10-20-15/h3-8,10,16-18H,2,9,11-12H2,1H3. The number of rotatable bonds is 8. The van der Waals surface area contributed by atoms with Crippen LogP contribution in [0.4, 0.5) is 0 Å². The predicted octanol–water partition coefficient (Wildman–Crippen LogP) is 2.89. The van der Waals surface area contributed by atoms with Gasteiger partial charge < -0.3 is 19.6 Å². The zero-order chi connectivity index (χ0) is 14.2. The largest absolute Gasteiger partial charge is 0.494 e. The van der Waals surface area contributed by atoms with E-state index in [-0.39, 0.29) is 0 Å². The summed E-state index contributed by atoms with van der Waals surface area (Å²) in [5.41, 5.74) is 0.876. The molecule has 0 aliphatic heterocycles. The number of hydrogen-bond acceptors (Lipinski definition) is 4. The second-order valence-electron chi connectivity index (χ2n) is 4.64. The molecule has 4 nitrogen and oxygen atoms in total. The molecule has 1 aromatic carbocycles. The van der Waals surface area contributed by atoms with E-state index in [1.807, 2.05) is 36.4 Å². The van der Waals surface area contributed by atoms with Crippen LogP contribution in [0, 0.1) is 0 Å². The molecule has 108 valence electrons. The molecule has 0 bridgehead atoms. The second-order valence-corrected chi connectivity index (χ2v) is 4.64. The zero-order valence-electron chi connectivity index (χ0n) is 11.7. The maximum Gasteiger partial charge on any atom is 0.119 e. The fourth-order valence-corrected chi connectivity index (χ4v) is 1.87. The number of aliphatic hydroxyl groups is 1. The molecule has 0 spiro atoms. The van der Waals surface area contributed by atoms with Crippen LogP contribution in [0.15, 0.2) is 47.1 Å². The van der Waals surface area contributed by atoms with E-state index in [0.29, 0.717) is 19.7 Å². The molecule has 0 radical (unpaired) electrons. The number of hydrogen-bond donors (Lipinski definition) is 2. The zero-order valence-corrected chi connectivity index (χ0v) is 11.7. The maximum atomic E-state index is 10.1. The van der Waals surface area contributed by atoms with Gasteiger partial charge in [0.1, 0.15) is 11.5 Å². The van der Waals surface area contributed by atoms with E-state index in [0.717, 1.165) is 23.5 Å². The number of nitrogens with one attached hydrogen (secondary N) is 1. The normalized spacial score (nSPS) is 12.3. The van der Waals surface area contributed by atoms with Crippen molar-refractivity contribution in [3.8, 4) is 5.75 Å². The highest BCUT2D eigenvalue weighted by atomic mass is 16.5. The second kappa shape index (κ2) is 7.72. The Bertz CT molecular complexity index is 479. The first-order chi connectivity index (χ1) is 9.79. The minimum Gasteiger partial charge on any atom is -0.494 e. The molecule has 0 fully saturated rings. The Morgan fingerprint density at radius 2 is 2.05 bits per heavy atom. The third-order valence-electron chi connectivity index (χ3n) is 2.95. The van der Waals surface area contributed by atoms with Crippen molar-refractivity contribution in [3.63, 3.8) is 0 Å². The van der Waals surface area contributed by atoms with Crippen LogP contribution in [0.25, 0.3) is 0 Å². The van der Waals surface area contributed by atoms with E-state index in [1.165, 1.54) is 0 Å². The van der Waals surface area contributed by atoms with Crippen molar-refractivity contribution in [2.45, 2.75) is 26.0 Å². The summed E-state index contributed by atoms with van der Waals surface area (Å²) in [6.45, 7) is 3.88. The Morgan fingerprint density at radius 1 is 1.25 bits per heavy atom. The van der Waals surface area contributed by atoms with Gasteiger partial charge in [-0.25, -0.2) is 0 Å². The number of ether oxygens (including phenoxy) is 1. The molecule has 1 aromatic heterocycles. The lowest BCUT2D eigenvalue weighted by Gasteiger charge is -2.12. The Labute approximate surface area is 119 Å². The summed E-state index contributed by atoms with van der Waals surface area (Å²) >= 11 is 0. The Morgan fingerprint density at radius 3 is 2.70 bits per heavy atom. The van der Waals surface area contributed by atoms with E-state index in [9.17, 15) is 5.11 Å². The van der Waals surface area contributed by atoms with Gasteiger partial charge in [-0.05, 0) is 36.2 Å². The highest BCUT2D eigenvalue weighted by Crippen LogP contribution is 2.17. The van der Waals surface area contributed by atoms with Crippen molar-refractivity contribution >= 4 is 0 Å². The SMILES string of the molecule is CCCOc1ccc(C(O)CNCc2ccco2)cc1. The topological polar surface area (TPSA) is 54.6 Å². The first-order valence-corrected chi connectivity index (χ1v) is 6.93. The quantitative estimate of drug-likeness (QED) is 0.778. The average molecular weight is 275 g/mol. The molecule has 4 heteroatoms. The third kappa shape index (κ3) is 4.40. The van der Waals surface area contributed by atoms with Gasteiger partial charge >= 0.3 is 0 Å². The van der Waals surface area contributed by atoms with Crippen LogP contribution in [0.1, 0.15) is 30.8 Å². The average Bonchev–Trinajstić information content (AvgIpc) is 2.99. The highest BCUT2D eigenvalue weighted by Gasteiger charge is 2.07. The number of benzene rings is 1. The van der Waals surface area contributed by atoms with E-state index >= 15 is 0 Å². The third-order valence-corrected chi connectivity index (χ3v) is 2.95. The number of furan rings is 1. The fraction of sp³-hybridized carbons (Fsp3) is 0.375. The van der Waals surface area contributed by atoms with Crippen LogP contribution in [-0.4, -0.2) is 18.3 Å². The van der Waals surface area contributed by atoms with Gasteiger partial charge in [-0.2, -0.15) is 0 Å². The van der Waals surface area contributed by atoms with E-state index in [4.69, 9.17) is 9.15 Å². The summed E-state index contributed by atoms with van der Waals surface area (Å²) in [5.74, 6) is 1.70. The van der Waals surface area contributed by atoms with E-state index in [1.54, 1.807) is 6.26 Å². The molecule has 1 heterocycles. The van der Waals surface area contributed by atoms with Crippen molar-refractivity contribution < 1.29 is 14.3 Å². The molecule has 1 atom stereocenters. The van der Waals surface area contributed by atoms with Crippen molar-refractivity contribution in [1.82, 2.24) is 5.32 Å². The summed E-state index contributed by atoms with van der Waals surface area (Å²) in [6, 6.07) is 11.3. The van der Waals surface area contributed by atoms with Crippen LogP contribution in [0.5, 0.6) is 5.75 Å². The van der Waals surface area contributed by atoms with Gasteiger partial charge in [-0.15, -0.1) is 0 Å². The minimum absolute atomic E-state index is 0.482. The van der Waals surface area contributed by atoms with Crippen LogP contribution in [-0.2, 0) is 6.54 Å². The van der Waals surface area contributed by atoms with Gasteiger partial charge in [-0.3, -0.25) is 0 Å². The molecular formula is C16H21NO3. The summed E-state index contributed by atoms with van der Waals surface area (Å²) in [6.07, 6.45) is 2.09. The molecule has 2 aromatic rings. The lowest BCUT2D eigenvalue weighted by Crippen LogP contribution is -2.20. The summed E-state index contributed by atoms with van der Waals surface area (Å²) < 4.78 is 10.7. The van der Waals surface area contributed by atoms with Crippen molar-refractivity contribution in [2.75, 3.05) is 13.2 Å². The van der Waals surface area contributed by atoms with Crippen LogP contribution < -0.4 is 10.1 Å².